The van der Waals surface area contributed by atoms with E-state index in [1.807, 2.05) is 0 Å². The number of hydrogen-bond acceptors (Lipinski definition) is 5. The molecule has 3 aliphatic heterocycles. The summed E-state index contributed by atoms with van der Waals surface area (Å²) in [5.41, 5.74) is 6.61. The number of nitrogens with two attached hydrogens (primary N) is 1. The van der Waals surface area contributed by atoms with Crippen molar-refractivity contribution in [2.45, 2.75) is 24.3 Å². The number of fused-ring (bicyclic) bond motifs is 1. The average molecular weight is 370 g/mol. The summed E-state index contributed by atoms with van der Waals surface area (Å²) in [5, 5.41) is 11.2. The lowest BCUT2D eigenvalue weighted by Gasteiger charge is -2.50. The van der Waals surface area contributed by atoms with Crippen LogP contribution in [0, 0.1) is 0 Å². The van der Waals surface area contributed by atoms with E-state index < -0.39 is 12.0 Å². The van der Waals surface area contributed by atoms with E-state index in [-0.39, 0.29) is 40.3 Å². The SMILES string of the molecule is C[N+]1(CC2=C(C(=O)[O-])N3C(=O)C(N)[C@@H]3SC2)CCCC1.Cl.O.O. The third-order valence-corrected chi connectivity index (χ3v) is 5.86. The predicted octanol–water partition coefficient (Wildman–Crippen LogP) is -2.75. The van der Waals surface area contributed by atoms with Crippen LogP contribution in [0.4, 0.5) is 0 Å². The summed E-state index contributed by atoms with van der Waals surface area (Å²) >= 11 is 1.56. The van der Waals surface area contributed by atoms with Gasteiger partial charge in [0.05, 0.1) is 31.8 Å². The van der Waals surface area contributed by atoms with Gasteiger partial charge < -0.3 is 31.1 Å². The van der Waals surface area contributed by atoms with Crippen molar-refractivity contribution >= 4 is 36.0 Å². The Morgan fingerprint density at radius 2 is 1.96 bits per heavy atom. The smallest absolute Gasteiger partial charge is 0.248 e. The van der Waals surface area contributed by atoms with Crippen molar-refractivity contribution in [1.29, 1.82) is 0 Å². The van der Waals surface area contributed by atoms with Crippen molar-refractivity contribution in [2.24, 2.45) is 5.73 Å². The Bertz CT molecular complexity index is 510. The number of carbonyl (C=O) groups is 2. The summed E-state index contributed by atoms with van der Waals surface area (Å²) in [6.07, 6.45) is 2.35. The molecular weight excluding hydrogens is 346 g/mol. The van der Waals surface area contributed by atoms with Crippen LogP contribution in [0.1, 0.15) is 12.8 Å². The molecule has 1 amide bonds. The number of likely N-dealkylation sites (tertiary alicyclic amines) is 1. The Kier molecular flexibility index (Phi) is 7.54. The Balaban J connectivity index is 0.00000161. The van der Waals surface area contributed by atoms with Gasteiger partial charge >= 0.3 is 0 Å². The van der Waals surface area contributed by atoms with Gasteiger partial charge in [-0.25, -0.2) is 0 Å². The molecule has 6 N–H and O–H groups in total. The van der Waals surface area contributed by atoms with Gasteiger partial charge in [0, 0.05) is 24.2 Å². The molecule has 0 aromatic rings. The van der Waals surface area contributed by atoms with Gasteiger partial charge in [-0.1, -0.05) is 0 Å². The molecule has 3 aliphatic rings. The van der Waals surface area contributed by atoms with E-state index in [9.17, 15) is 14.7 Å². The summed E-state index contributed by atoms with van der Waals surface area (Å²) in [7, 11) is 2.15. The number of nitrogens with zero attached hydrogens (tertiary/aromatic N) is 2. The van der Waals surface area contributed by atoms with Crippen molar-refractivity contribution in [1.82, 2.24) is 4.90 Å². The number of hydrogen-bond donors (Lipinski definition) is 1. The van der Waals surface area contributed by atoms with Gasteiger partial charge in [-0.3, -0.25) is 9.69 Å². The van der Waals surface area contributed by atoms with E-state index >= 15 is 0 Å². The van der Waals surface area contributed by atoms with Crippen LogP contribution in [0.25, 0.3) is 0 Å². The molecule has 8 nitrogen and oxygen atoms in total. The quantitative estimate of drug-likeness (QED) is 0.422. The molecule has 23 heavy (non-hydrogen) atoms. The van der Waals surface area contributed by atoms with E-state index in [1.165, 1.54) is 17.7 Å². The summed E-state index contributed by atoms with van der Waals surface area (Å²) in [6, 6.07) is -0.576. The molecule has 0 aromatic heterocycles. The number of rotatable bonds is 3. The van der Waals surface area contributed by atoms with Gasteiger partial charge in [-0.2, -0.15) is 0 Å². The number of β-lactam (4-membered cyclic amide) rings is 1. The zero-order chi connectivity index (χ0) is 14.5. The molecule has 0 bridgehead atoms. The Labute approximate surface area is 145 Å². The van der Waals surface area contributed by atoms with E-state index in [1.54, 1.807) is 11.8 Å². The molecule has 0 aromatic carbocycles. The largest absolute Gasteiger partial charge is 0.543 e. The molecule has 2 saturated heterocycles. The molecule has 2 fully saturated rings. The normalized spacial score (nSPS) is 27.9. The van der Waals surface area contributed by atoms with Gasteiger partial charge in [-0.05, 0) is 0 Å². The standard InChI is InChI=1S/C13H19N3O3S.ClH.2H2O/c1-16(4-2-3-5-16)6-8-7-20-12-9(14)11(17)15(12)10(8)13(18)19;;;/h9,12H,2-7,14H2,1H3;1H;2*1H2/t9?,12-;;;/m0.../s1. The molecule has 2 atom stereocenters. The van der Waals surface area contributed by atoms with Crippen LogP contribution in [0.3, 0.4) is 0 Å². The first-order valence-corrected chi connectivity index (χ1v) is 7.95. The maximum atomic E-state index is 11.8. The highest BCUT2D eigenvalue weighted by atomic mass is 35.5. The highest BCUT2D eigenvalue weighted by Crippen LogP contribution is 2.40. The lowest BCUT2D eigenvalue weighted by Crippen LogP contribution is -2.69. The van der Waals surface area contributed by atoms with E-state index in [4.69, 9.17) is 5.73 Å². The Morgan fingerprint density at radius 3 is 2.48 bits per heavy atom. The van der Waals surface area contributed by atoms with Crippen LogP contribution in [0.2, 0.25) is 0 Å². The van der Waals surface area contributed by atoms with E-state index in [0.29, 0.717) is 12.3 Å². The number of aliphatic carboxylic acids is 1. The Hall–Kier alpha value is -0.840. The second-order valence-corrected chi connectivity index (χ2v) is 7.21. The van der Waals surface area contributed by atoms with Crippen LogP contribution < -0.4 is 10.8 Å². The van der Waals surface area contributed by atoms with Gasteiger partial charge in [0.2, 0.25) is 5.91 Å². The number of likely N-dealkylation sites (N-methyl/N-ethyl adjacent to an activating group) is 1. The van der Waals surface area contributed by atoms with Crippen molar-refractivity contribution in [3.63, 3.8) is 0 Å². The van der Waals surface area contributed by atoms with Gasteiger partial charge in [-0.15, -0.1) is 24.2 Å². The summed E-state index contributed by atoms with van der Waals surface area (Å²) < 4.78 is 0.853. The molecule has 0 spiro atoms. The van der Waals surface area contributed by atoms with Crippen LogP contribution in [-0.2, 0) is 9.59 Å². The topological polar surface area (TPSA) is 149 Å². The zero-order valence-electron chi connectivity index (χ0n) is 12.9. The molecule has 0 radical (unpaired) electrons. The maximum Gasteiger partial charge on any atom is 0.248 e. The second kappa shape index (κ2) is 7.82. The second-order valence-electron chi connectivity index (χ2n) is 6.11. The average Bonchev–Trinajstić information content (AvgIpc) is 2.83. The van der Waals surface area contributed by atoms with Crippen molar-refractivity contribution in [3.05, 3.63) is 11.3 Å². The fraction of sp³-hybridized carbons (Fsp3) is 0.692. The van der Waals surface area contributed by atoms with E-state index in [2.05, 4.69) is 7.05 Å². The number of carboxylic acids is 1. The van der Waals surface area contributed by atoms with Crippen LogP contribution in [0.5, 0.6) is 0 Å². The summed E-state index contributed by atoms with van der Waals surface area (Å²) in [5.74, 6) is -0.932. The first kappa shape index (κ1) is 22.2. The molecule has 3 rings (SSSR count). The fourth-order valence-corrected chi connectivity index (χ4v) is 4.69. The highest BCUT2D eigenvalue weighted by molar-refractivity contribution is 8.00. The van der Waals surface area contributed by atoms with Crippen molar-refractivity contribution < 1.29 is 30.1 Å². The predicted molar refractivity (Wildman–Crippen MR) is 87.6 cm³/mol. The number of thioether (sulfide) groups is 1. The lowest BCUT2D eigenvalue weighted by atomic mass is 10.0. The first-order chi connectivity index (χ1) is 9.43. The summed E-state index contributed by atoms with van der Waals surface area (Å²) in [6.45, 7) is 2.80. The third kappa shape index (κ3) is 3.65. The molecule has 0 aliphatic carbocycles. The van der Waals surface area contributed by atoms with Crippen molar-refractivity contribution in [2.75, 3.05) is 32.4 Å². The number of halogens is 1. The molecule has 134 valence electrons. The first-order valence-electron chi connectivity index (χ1n) is 6.90. The summed E-state index contributed by atoms with van der Waals surface area (Å²) in [4.78, 5) is 24.6. The minimum atomic E-state index is -1.25. The van der Waals surface area contributed by atoms with E-state index in [0.717, 1.165) is 23.1 Å². The lowest BCUT2D eigenvalue weighted by molar-refractivity contribution is -0.893. The van der Waals surface area contributed by atoms with Crippen LogP contribution in [0.15, 0.2) is 11.3 Å². The maximum absolute atomic E-state index is 11.8. The molecule has 10 heteroatoms. The zero-order valence-corrected chi connectivity index (χ0v) is 14.5. The molecular formula is C13H24ClN3O5S. The highest BCUT2D eigenvalue weighted by Gasteiger charge is 2.50. The monoisotopic (exact) mass is 369 g/mol. The Morgan fingerprint density at radius 1 is 1.39 bits per heavy atom. The van der Waals surface area contributed by atoms with Crippen LogP contribution in [-0.4, -0.2) is 76.1 Å². The number of quaternary nitrogens is 1. The number of amides is 1. The van der Waals surface area contributed by atoms with Gasteiger partial charge in [0.1, 0.15) is 18.0 Å². The molecule has 3 heterocycles. The minimum Gasteiger partial charge on any atom is -0.543 e. The van der Waals surface area contributed by atoms with Gasteiger partial charge in [0.25, 0.3) is 0 Å². The fourth-order valence-electron chi connectivity index (χ4n) is 3.41. The minimum absolute atomic E-state index is 0. The third-order valence-electron chi connectivity index (χ3n) is 4.50. The van der Waals surface area contributed by atoms with Crippen LogP contribution >= 0.6 is 24.2 Å². The molecule has 1 unspecified atom stereocenters. The number of carboxylic acid groups (broad SMARTS) is 1. The molecule has 0 saturated carbocycles. The van der Waals surface area contributed by atoms with Gasteiger partial charge in [0.15, 0.2) is 0 Å². The van der Waals surface area contributed by atoms with Crippen molar-refractivity contribution in [3.8, 4) is 0 Å². The number of carbonyl (C=O) groups excluding carboxylic acids is 2.